The van der Waals surface area contributed by atoms with Gasteiger partial charge in [-0.25, -0.2) is 0 Å². The molecule has 0 bridgehead atoms. The third-order valence-electron chi connectivity index (χ3n) is 3.18. The molecule has 7 heteroatoms. The fourth-order valence-corrected chi connectivity index (χ4v) is 2.97. The van der Waals surface area contributed by atoms with Crippen LogP contribution in [0.15, 0.2) is 9.68 Å². The maximum absolute atomic E-state index is 5.20. The van der Waals surface area contributed by atoms with Crippen molar-refractivity contribution in [1.29, 1.82) is 0 Å². The highest BCUT2D eigenvalue weighted by Crippen LogP contribution is 2.41. The molecular weight excluding hydrogens is 262 g/mol. The minimum absolute atomic E-state index is 0.0859. The van der Waals surface area contributed by atoms with Crippen LogP contribution >= 0.6 is 11.8 Å². The Balaban J connectivity index is 1.79. The minimum Gasteiger partial charge on any atom is -0.338 e. The summed E-state index contributed by atoms with van der Waals surface area (Å²) in [4.78, 5) is 4.26. The van der Waals surface area contributed by atoms with Crippen molar-refractivity contribution in [2.24, 2.45) is 0 Å². The highest BCUT2D eigenvalue weighted by molar-refractivity contribution is 7.99. The van der Waals surface area contributed by atoms with Gasteiger partial charge in [0.1, 0.15) is 5.82 Å². The van der Waals surface area contributed by atoms with Gasteiger partial charge in [-0.2, -0.15) is 4.98 Å². The average Bonchev–Trinajstić information content (AvgIpc) is 3.02. The monoisotopic (exact) mass is 279 g/mol. The van der Waals surface area contributed by atoms with E-state index in [0.717, 1.165) is 17.5 Å². The largest absolute Gasteiger partial charge is 0.338 e. The van der Waals surface area contributed by atoms with Crippen molar-refractivity contribution in [2.45, 2.75) is 56.5 Å². The Morgan fingerprint density at radius 2 is 2.21 bits per heavy atom. The molecule has 102 valence electrons. The molecule has 2 heterocycles. The van der Waals surface area contributed by atoms with Crippen molar-refractivity contribution in [3.8, 4) is 0 Å². The van der Waals surface area contributed by atoms with E-state index in [1.54, 1.807) is 11.8 Å². The molecule has 19 heavy (non-hydrogen) atoms. The van der Waals surface area contributed by atoms with Crippen molar-refractivity contribution in [2.75, 3.05) is 0 Å². The van der Waals surface area contributed by atoms with Crippen LogP contribution in [-0.4, -0.2) is 24.9 Å². The van der Waals surface area contributed by atoms with Gasteiger partial charge in [0.15, 0.2) is 11.0 Å². The summed E-state index contributed by atoms with van der Waals surface area (Å²) in [7, 11) is 0. The third-order valence-corrected chi connectivity index (χ3v) is 4.25. The van der Waals surface area contributed by atoms with Gasteiger partial charge < -0.3 is 9.09 Å². The second-order valence-corrected chi connectivity index (χ2v) is 6.11. The van der Waals surface area contributed by atoms with Crippen LogP contribution in [0.1, 0.15) is 55.4 Å². The minimum atomic E-state index is 0.0859. The molecule has 0 spiro atoms. The van der Waals surface area contributed by atoms with Crippen LogP contribution in [0.4, 0.5) is 0 Å². The first kappa shape index (κ1) is 12.7. The summed E-state index contributed by atoms with van der Waals surface area (Å²) in [5.41, 5.74) is 0. The van der Waals surface area contributed by atoms with Gasteiger partial charge in [0.2, 0.25) is 5.89 Å². The zero-order chi connectivity index (χ0) is 13.4. The van der Waals surface area contributed by atoms with Crippen LogP contribution in [0.25, 0.3) is 0 Å². The molecule has 0 radical (unpaired) electrons. The fourth-order valence-electron chi connectivity index (χ4n) is 2.01. The van der Waals surface area contributed by atoms with E-state index in [0.29, 0.717) is 17.6 Å². The Bertz CT molecular complexity index is 574. The van der Waals surface area contributed by atoms with Crippen LogP contribution in [0, 0.1) is 6.92 Å². The molecule has 0 aliphatic heterocycles. The number of thioether (sulfide) groups is 1. The summed E-state index contributed by atoms with van der Waals surface area (Å²) in [5, 5.41) is 13.5. The van der Waals surface area contributed by atoms with Crippen LogP contribution in [0.2, 0.25) is 0 Å². The molecular formula is C12H17N5OS. The topological polar surface area (TPSA) is 69.6 Å². The second kappa shape index (κ2) is 4.96. The van der Waals surface area contributed by atoms with Gasteiger partial charge >= 0.3 is 0 Å². The third kappa shape index (κ3) is 2.51. The molecule has 0 amide bonds. The standard InChI is InChI=1S/C12H17N5OS/c1-4-17-10(9-5-6-9)14-15-12(17)19-7(2)11-13-8(3)16-18-11/h7,9H,4-6H2,1-3H3. The SMILES string of the molecule is CCn1c(SC(C)c2nc(C)no2)nnc1C1CC1. The molecule has 1 aliphatic rings. The van der Waals surface area contributed by atoms with Crippen LogP contribution in [0.5, 0.6) is 0 Å². The van der Waals surface area contributed by atoms with Crippen molar-refractivity contribution in [3.63, 3.8) is 0 Å². The Labute approximate surface area is 116 Å². The van der Waals surface area contributed by atoms with E-state index in [9.17, 15) is 0 Å². The Morgan fingerprint density at radius 3 is 2.79 bits per heavy atom. The number of hydrogen-bond acceptors (Lipinski definition) is 6. The second-order valence-electron chi connectivity index (χ2n) is 4.80. The summed E-state index contributed by atoms with van der Waals surface area (Å²) in [5.74, 6) is 3.04. The summed E-state index contributed by atoms with van der Waals surface area (Å²) >= 11 is 1.62. The van der Waals surface area contributed by atoms with Gasteiger partial charge in [0.25, 0.3) is 0 Å². The molecule has 0 N–H and O–H groups in total. The maximum Gasteiger partial charge on any atom is 0.239 e. The molecule has 1 aliphatic carbocycles. The lowest BCUT2D eigenvalue weighted by Crippen LogP contribution is -2.02. The summed E-state index contributed by atoms with van der Waals surface area (Å²) in [6.07, 6.45) is 2.47. The van der Waals surface area contributed by atoms with E-state index in [2.05, 4.69) is 31.8 Å². The zero-order valence-corrected chi connectivity index (χ0v) is 12.1. The molecule has 3 rings (SSSR count). The smallest absolute Gasteiger partial charge is 0.239 e. The first-order valence-electron chi connectivity index (χ1n) is 6.59. The van der Waals surface area contributed by atoms with Gasteiger partial charge in [-0.3, -0.25) is 0 Å². The molecule has 2 aromatic rings. The highest BCUT2D eigenvalue weighted by Gasteiger charge is 2.30. The van der Waals surface area contributed by atoms with Crippen molar-refractivity contribution in [3.05, 3.63) is 17.5 Å². The van der Waals surface area contributed by atoms with E-state index in [1.807, 2.05) is 13.8 Å². The van der Waals surface area contributed by atoms with Gasteiger partial charge in [-0.15, -0.1) is 10.2 Å². The van der Waals surface area contributed by atoms with Crippen LogP contribution < -0.4 is 0 Å². The highest BCUT2D eigenvalue weighted by atomic mass is 32.2. The van der Waals surface area contributed by atoms with Gasteiger partial charge in [0, 0.05) is 12.5 Å². The van der Waals surface area contributed by atoms with Crippen molar-refractivity contribution in [1.82, 2.24) is 24.9 Å². The molecule has 0 saturated heterocycles. The van der Waals surface area contributed by atoms with E-state index >= 15 is 0 Å². The van der Waals surface area contributed by atoms with Gasteiger partial charge in [-0.1, -0.05) is 16.9 Å². The summed E-state index contributed by atoms with van der Waals surface area (Å²) in [6, 6.07) is 0. The first-order valence-corrected chi connectivity index (χ1v) is 7.47. The fraction of sp³-hybridized carbons (Fsp3) is 0.667. The van der Waals surface area contributed by atoms with Gasteiger partial charge in [-0.05, 0) is 33.6 Å². The molecule has 0 aromatic carbocycles. The summed E-state index contributed by atoms with van der Waals surface area (Å²) in [6.45, 7) is 6.89. The molecule has 1 unspecified atom stereocenters. The molecule has 6 nitrogen and oxygen atoms in total. The van der Waals surface area contributed by atoms with Crippen molar-refractivity contribution >= 4 is 11.8 Å². The van der Waals surface area contributed by atoms with Crippen LogP contribution in [0.3, 0.4) is 0 Å². The zero-order valence-electron chi connectivity index (χ0n) is 11.3. The quantitative estimate of drug-likeness (QED) is 0.784. The Morgan fingerprint density at radius 1 is 1.42 bits per heavy atom. The normalized spacial score (nSPS) is 16.8. The number of rotatable bonds is 5. The molecule has 2 aromatic heterocycles. The van der Waals surface area contributed by atoms with E-state index < -0.39 is 0 Å². The van der Waals surface area contributed by atoms with Gasteiger partial charge in [0.05, 0.1) is 5.25 Å². The van der Waals surface area contributed by atoms with Crippen molar-refractivity contribution < 1.29 is 4.52 Å². The maximum atomic E-state index is 5.20. The number of hydrogen-bond donors (Lipinski definition) is 0. The van der Waals surface area contributed by atoms with E-state index in [4.69, 9.17) is 4.52 Å². The lowest BCUT2D eigenvalue weighted by atomic mass is 10.4. The van der Waals surface area contributed by atoms with E-state index in [1.165, 1.54) is 12.8 Å². The predicted octanol–water partition coefficient (Wildman–Crippen LogP) is 2.72. The molecule has 1 saturated carbocycles. The first-order chi connectivity index (χ1) is 9.19. The average molecular weight is 279 g/mol. The lowest BCUT2D eigenvalue weighted by molar-refractivity contribution is 0.376. The number of aryl methyl sites for hydroxylation is 1. The molecule has 1 fully saturated rings. The number of nitrogens with zero attached hydrogens (tertiary/aromatic N) is 5. The Hall–Kier alpha value is -1.37. The molecule has 1 atom stereocenters. The predicted molar refractivity (Wildman–Crippen MR) is 71.0 cm³/mol. The lowest BCUT2D eigenvalue weighted by Gasteiger charge is -2.08. The number of aromatic nitrogens is 5. The summed E-state index contributed by atoms with van der Waals surface area (Å²) < 4.78 is 7.40. The van der Waals surface area contributed by atoms with E-state index in [-0.39, 0.29) is 5.25 Å². The Kier molecular flexibility index (Phi) is 3.30. The van der Waals surface area contributed by atoms with Crippen LogP contribution in [-0.2, 0) is 6.54 Å².